The van der Waals surface area contributed by atoms with Crippen molar-refractivity contribution in [1.29, 1.82) is 0 Å². The molecule has 4 atom stereocenters. The number of carbonyl (C=O) groups is 5. The molecule has 2 aromatic carbocycles. The van der Waals surface area contributed by atoms with Crippen LogP contribution in [0.4, 0.5) is 0 Å². The number of amides is 4. The van der Waals surface area contributed by atoms with Crippen molar-refractivity contribution >= 4 is 29.6 Å². The smallest absolute Gasteiger partial charge is 0.326 e. The van der Waals surface area contributed by atoms with E-state index in [-0.39, 0.29) is 31.1 Å². The minimum Gasteiger partial charge on any atom is -0.508 e. The van der Waals surface area contributed by atoms with E-state index in [4.69, 9.17) is 5.73 Å². The van der Waals surface area contributed by atoms with Gasteiger partial charge in [-0.3, -0.25) is 19.2 Å². The summed E-state index contributed by atoms with van der Waals surface area (Å²) in [7, 11) is 0. The number of likely N-dealkylation sites (tertiary alicyclic amines) is 1. The summed E-state index contributed by atoms with van der Waals surface area (Å²) in [5, 5.41) is 26.8. The third kappa shape index (κ3) is 9.03. The first-order chi connectivity index (χ1) is 20.0. The van der Waals surface area contributed by atoms with Crippen LogP contribution in [0.1, 0.15) is 37.8 Å². The minimum atomic E-state index is -1.16. The van der Waals surface area contributed by atoms with Crippen molar-refractivity contribution in [2.45, 2.75) is 63.7 Å². The lowest BCUT2D eigenvalue weighted by Gasteiger charge is -2.27. The standard InChI is InChI=1S/C30H39N5O7/c1-18(2)26(30(41)42)34-29(40)24-9-6-14-35(24)25(37)17-32-28(39)23(16-20-10-12-21(36)13-11-20)33-27(38)22(31)15-19-7-4-3-5-8-19/h3-5,7-8,10-13,18,22-24,26,36H,6,9,14-17,31H2,1-2H3,(H,32,39)(H,33,38)(H,34,40)(H,41,42)/t22-,23+,24+,26+/m1/s1. The van der Waals surface area contributed by atoms with Gasteiger partial charge in [0.25, 0.3) is 0 Å². The quantitative estimate of drug-likeness (QED) is 0.195. The number of carbonyl (C=O) groups excluding carboxylic acids is 4. The summed E-state index contributed by atoms with van der Waals surface area (Å²) in [6, 6.07) is 11.4. The molecule has 12 heteroatoms. The average molecular weight is 582 g/mol. The number of aromatic hydroxyl groups is 1. The van der Waals surface area contributed by atoms with Crippen LogP contribution in [-0.2, 0) is 36.8 Å². The van der Waals surface area contributed by atoms with Gasteiger partial charge in [-0.15, -0.1) is 0 Å². The molecular weight excluding hydrogens is 542 g/mol. The van der Waals surface area contributed by atoms with Crippen molar-refractivity contribution in [3.63, 3.8) is 0 Å². The molecule has 42 heavy (non-hydrogen) atoms. The highest BCUT2D eigenvalue weighted by atomic mass is 16.4. The van der Waals surface area contributed by atoms with E-state index < -0.39 is 60.3 Å². The van der Waals surface area contributed by atoms with Gasteiger partial charge in [-0.1, -0.05) is 56.3 Å². The van der Waals surface area contributed by atoms with Crippen molar-refractivity contribution in [2.75, 3.05) is 13.1 Å². The minimum absolute atomic E-state index is 0.0477. The molecule has 1 saturated heterocycles. The number of nitrogens with zero attached hydrogens (tertiary/aromatic N) is 1. The Kier molecular flexibility index (Phi) is 11.4. The molecule has 0 radical (unpaired) electrons. The number of rotatable bonds is 13. The molecule has 0 spiro atoms. The van der Waals surface area contributed by atoms with Crippen LogP contribution in [-0.4, -0.2) is 82.0 Å². The fourth-order valence-electron chi connectivity index (χ4n) is 4.80. The summed E-state index contributed by atoms with van der Waals surface area (Å²) < 4.78 is 0. The van der Waals surface area contributed by atoms with Crippen molar-refractivity contribution < 1.29 is 34.2 Å². The lowest BCUT2D eigenvalue weighted by Crippen LogP contribution is -2.55. The third-order valence-corrected chi connectivity index (χ3v) is 7.16. The van der Waals surface area contributed by atoms with Gasteiger partial charge in [0.2, 0.25) is 23.6 Å². The molecule has 0 aliphatic carbocycles. The Hall–Kier alpha value is -4.45. The number of benzene rings is 2. The summed E-state index contributed by atoms with van der Waals surface area (Å²) in [5.74, 6) is -3.69. The van der Waals surface area contributed by atoms with E-state index in [2.05, 4.69) is 16.0 Å². The lowest BCUT2D eigenvalue weighted by atomic mass is 10.0. The zero-order chi connectivity index (χ0) is 30.8. The second kappa shape index (κ2) is 15.0. The van der Waals surface area contributed by atoms with Crippen molar-refractivity contribution in [2.24, 2.45) is 11.7 Å². The van der Waals surface area contributed by atoms with Gasteiger partial charge >= 0.3 is 5.97 Å². The summed E-state index contributed by atoms with van der Waals surface area (Å²) in [6.07, 6.45) is 1.26. The van der Waals surface area contributed by atoms with Gasteiger partial charge in [-0.2, -0.15) is 0 Å². The highest BCUT2D eigenvalue weighted by Crippen LogP contribution is 2.18. The average Bonchev–Trinajstić information content (AvgIpc) is 3.45. The molecule has 0 aromatic heterocycles. The molecule has 0 unspecified atom stereocenters. The zero-order valence-corrected chi connectivity index (χ0v) is 23.8. The summed E-state index contributed by atoms with van der Waals surface area (Å²) in [4.78, 5) is 64.9. The largest absolute Gasteiger partial charge is 0.508 e. The molecule has 12 nitrogen and oxygen atoms in total. The Labute approximate surface area is 244 Å². The van der Waals surface area contributed by atoms with E-state index in [9.17, 15) is 34.2 Å². The highest BCUT2D eigenvalue weighted by Gasteiger charge is 2.36. The topological polar surface area (TPSA) is 191 Å². The third-order valence-electron chi connectivity index (χ3n) is 7.16. The SMILES string of the molecule is CC(C)[C@H](NC(=O)[C@@H]1CCCN1C(=O)CNC(=O)[C@H](Cc1ccc(O)cc1)NC(=O)[C@H](N)Cc1ccccc1)C(=O)O. The number of hydrogen-bond donors (Lipinski definition) is 6. The van der Waals surface area contributed by atoms with Gasteiger partial charge in [-0.05, 0) is 48.4 Å². The number of phenolic OH excluding ortho intramolecular Hbond substituents is 1. The van der Waals surface area contributed by atoms with Crippen LogP contribution in [0.25, 0.3) is 0 Å². The second-order valence-corrected chi connectivity index (χ2v) is 10.8. The van der Waals surface area contributed by atoms with E-state index in [1.807, 2.05) is 30.3 Å². The predicted octanol–water partition coefficient (Wildman–Crippen LogP) is 0.322. The first-order valence-electron chi connectivity index (χ1n) is 13.9. The van der Waals surface area contributed by atoms with E-state index >= 15 is 0 Å². The van der Waals surface area contributed by atoms with Crippen molar-refractivity contribution in [1.82, 2.24) is 20.9 Å². The predicted molar refractivity (Wildman–Crippen MR) is 154 cm³/mol. The lowest BCUT2D eigenvalue weighted by molar-refractivity contribution is -0.145. The molecule has 4 amide bonds. The summed E-state index contributed by atoms with van der Waals surface area (Å²) >= 11 is 0. The Balaban J connectivity index is 1.65. The highest BCUT2D eigenvalue weighted by molar-refractivity contribution is 5.94. The molecule has 0 saturated carbocycles. The second-order valence-electron chi connectivity index (χ2n) is 10.8. The van der Waals surface area contributed by atoms with Gasteiger partial charge in [0, 0.05) is 13.0 Å². The van der Waals surface area contributed by atoms with Gasteiger partial charge in [0.05, 0.1) is 12.6 Å². The van der Waals surface area contributed by atoms with Crippen LogP contribution >= 0.6 is 0 Å². The van der Waals surface area contributed by atoms with Crippen LogP contribution in [0.5, 0.6) is 5.75 Å². The molecule has 226 valence electrons. The number of phenols is 1. The molecule has 3 rings (SSSR count). The number of carboxylic acids is 1. The van der Waals surface area contributed by atoms with Gasteiger partial charge < -0.3 is 36.8 Å². The Morgan fingerprint density at radius 1 is 0.929 bits per heavy atom. The number of carboxylic acid groups (broad SMARTS) is 1. The molecule has 1 aliphatic rings. The Bertz CT molecular complexity index is 1250. The van der Waals surface area contributed by atoms with Crippen LogP contribution < -0.4 is 21.7 Å². The van der Waals surface area contributed by atoms with E-state index in [1.165, 1.54) is 17.0 Å². The number of nitrogens with one attached hydrogen (secondary N) is 3. The fourth-order valence-corrected chi connectivity index (χ4v) is 4.80. The maximum absolute atomic E-state index is 13.2. The maximum Gasteiger partial charge on any atom is 0.326 e. The van der Waals surface area contributed by atoms with Gasteiger partial charge in [0.15, 0.2) is 0 Å². The van der Waals surface area contributed by atoms with Gasteiger partial charge in [0.1, 0.15) is 23.9 Å². The molecule has 7 N–H and O–H groups in total. The molecule has 0 bridgehead atoms. The number of hydrogen-bond acceptors (Lipinski definition) is 7. The summed E-state index contributed by atoms with van der Waals surface area (Å²) in [5.41, 5.74) is 7.64. The molecule has 1 fully saturated rings. The first kappa shape index (κ1) is 32.1. The van der Waals surface area contributed by atoms with E-state index in [0.717, 1.165) is 5.56 Å². The Morgan fingerprint density at radius 3 is 2.19 bits per heavy atom. The van der Waals surface area contributed by atoms with Crippen LogP contribution in [0.2, 0.25) is 0 Å². The maximum atomic E-state index is 13.2. The van der Waals surface area contributed by atoms with Crippen molar-refractivity contribution in [3.05, 3.63) is 65.7 Å². The van der Waals surface area contributed by atoms with Gasteiger partial charge in [-0.25, -0.2) is 4.79 Å². The molecular formula is C30H39N5O7. The van der Waals surface area contributed by atoms with Crippen LogP contribution in [0.15, 0.2) is 54.6 Å². The van der Waals surface area contributed by atoms with Crippen molar-refractivity contribution in [3.8, 4) is 5.75 Å². The molecule has 1 aliphatic heterocycles. The van der Waals surface area contributed by atoms with E-state index in [0.29, 0.717) is 18.4 Å². The van der Waals surface area contributed by atoms with Crippen LogP contribution in [0.3, 0.4) is 0 Å². The molecule has 1 heterocycles. The normalized spacial score (nSPS) is 16.8. The zero-order valence-electron chi connectivity index (χ0n) is 23.8. The summed E-state index contributed by atoms with van der Waals surface area (Å²) in [6.45, 7) is 3.21. The number of aliphatic carboxylic acids is 1. The monoisotopic (exact) mass is 581 g/mol. The van der Waals surface area contributed by atoms with Crippen LogP contribution in [0, 0.1) is 5.92 Å². The van der Waals surface area contributed by atoms with E-state index in [1.54, 1.807) is 26.0 Å². The Morgan fingerprint density at radius 2 is 1.57 bits per heavy atom. The fraction of sp³-hybridized carbons (Fsp3) is 0.433. The molecule has 2 aromatic rings. The first-order valence-corrected chi connectivity index (χ1v) is 13.9. The number of nitrogens with two attached hydrogens (primary N) is 1.